The normalized spacial score (nSPS) is 24.5. The highest BCUT2D eigenvalue weighted by atomic mass is 16.5. The van der Waals surface area contributed by atoms with Crippen molar-refractivity contribution < 1.29 is 28.7 Å². The molecule has 1 aromatic carbocycles. The van der Waals surface area contributed by atoms with Crippen molar-refractivity contribution in [3.05, 3.63) is 35.4 Å². The van der Waals surface area contributed by atoms with E-state index >= 15 is 0 Å². The summed E-state index contributed by atoms with van der Waals surface area (Å²) in [6, 6.07) is 6.01. The molecule has 0 spiro atoms. The number of hydrogen-bond acceptors (Lipinski definition) is 6. The van der Waals surface area contributed by atoms with Gasteiger partial charge in [-0.15, -0.1) is 0 Å². The molecular formula is C26H36N2O6. The third kappa shape index (κ3) is 8.15. The van der Waals surface area contributed by atoms with E-state index in [4.69, 9.17) is 9.47 Å². The number of amides is 2. The second-order valence-corrected chi connectivity index (χ2v) is 9.78. The summed E-state index contributed by atoms with van der Waals surface area (Å²) in [6.45, 7) is 3.73. The molecule has 3 rings (SSSR count). The molecule has 0 heterocycles. The lowest BCUT2D eigenvalue weighted by Gasteiger charge is -2.26. The minimum atomic E-state index is -0.645. The molecule has 0 atom stereocenters. The van der Waals surface area contributed by atoms with Gasteiger partial charge in [0.15, 0.2) is 13.2 Å². The Balaban J connectivity index is 1.36. The zero-order valence-electron chi connectivity index (χ0n) is 20.1. The van der Waals surface area contributed by atoms with Gasteiger partial charge in [0.1, 0.15) is 0 Å². The van der Waals surface area contributed by atoms with Gasteiger partial charge >= 0.3 is 11.9 Å². The summed E-state index contributed by atoms with van der Waals surface area (Å²) in [7, 11) is 0. The highest BCUT2D eigenvalue weighted by Gasteiger charge is 2.22. The molecule has 2 amide bonds. The predicted octanol–water partition coefficient (Wildman–Crippen LogP) is 3.39. The lowest BCUT2D eigenvalue weighted by atomic mass is 9.87. The first-order chi connectivity index (χ1) is 16.3. The fourth-order valence-corrected chi connectivity index (χ4v) is 4.52. The second kappa shape index (κ2) is 12.5. The van der Waals surface area contributed by atoms with Crippen LogP contribution in [0.15, 0.2) is 24.3 Å². The molecule has 0 unspecified atom stereocenters. The van der Waals surface area contributed by atoms with Gasteiger partial charge in [-0.05, 0) is 87.5 Å². The maximum Gasteiger partial charge on any atom is 0.338 e. The number of ether oxygens (including phenoxy) is 2. The number of carbonyl (C=O) groups excluding carboxylic acids is 4. The molecule has 0 radical (unpaired) electrons. The Morgan fingerprint density at radius 3 is 1.29 bits per heavy atom. The average Bonchev–Trinajstić information content (AvgIpc) is 2.84. The highest BCUT2D eigenvalue weighted by molar-refractivity contribution is 5.95. The molecule has 2 saturated carbocycles. The molecule has 2 N–H and O–H groups in total. The molecular weight excluding hydrogens is 436 g/mol. The van der Waals surface area contributed by atoms with E-state index < -0.39 is 11.9 Å². The van der Waals surface area contributed by atoms with Crippen molar-refractivity contribution in [2.45, 2.75) is 77.3 Å². The average molecular weight is 473 g/mol. The molecule has 1 aromatic rings. The van der Waals surface area contributed by atoms with Crippen LogP contribution in [-0.2, 0) is 19.1 Å². The molecule has 8 heteroatoms. The van der Waals surface area contributed by atoms with E-state index in [1.165, 1.54) is 24.3 Å². The van der Waals surface area contributed by atoms with Crippen LogP contribution in [0.25, 0.3) is 0 Å². The molecule has 2 aliphatic rings. The number of esters is 2. The van der Waals surface area contributed by atoms with E-state index in [2.05, 4.69) is 24.5 Å². The van der Waals surface area contributed by atoms with Crippen LogP contribution in [-0.4, -0.2) is 49.1 Å². The summed E-state index contributed by atoms with van der Waals surface area (Å²) in [5, 5.41) is 5.82. The second-order valence-electron chi connectivity index (χ2n) is 9.78. The molecule has 186 valence electrons. The Morgan fingerprint density at radius 2 is 0.971 bits per heavy atom. The Hall–Kier alpha value is -2.90. The van der Waals surface area contributed by atoms with E-state index in [0.29, 0.717) is 11.8 Å². The van der Waals surface area contributed by atoms with E-state index in [9.17, 15) is 19.2 Å². The van der Waals surface area contributed by atoms with Gasteiger partial charge < -0.3 is 20.1 Å². The molecule has 2 aliphatic carbocycles. The van der Waals surface area contributed by atoms with Gasteiger partial charge in [0, 0.05) is 12.1 Å². The molecule has 0 aliphatic heterocycles. The fourth-order valence-electron chi connectivity index (χ4n) is 4.52. The van der Waals surface area contributed by atoms with Gasteiger partial charge in [-0.2, -0.15) is 0 Å². The van der Waals surface area contributed by atoms with Gasteiger partial charge in [0.25, 0.3) is 11.8 Å². The maximum absolute atomic E-state index is 12.2. The largest absolute Gasteiger partial charge is 0.452 e. The summed E-state index contributed by atoms with van der Waals surface area (Å²) < 4.78 is 10.2. The molecule has 34 heavy (non-hydrogen) atoms. The summed E-state index contributed by atoms with van der Waals surface area (Å²) in [6.07, 6.45) is 8.13. The number of rotatable bonds is 8. The third-order valence-corrected chi connectivity index (χ3v) is 6.79. The standard InChI is InChI=1S/C26H36N2O6/c1-17-3-11-21(12-4-17)27-23(29)15-33-25(31)19-7-9-20(10-8-19)26(32)34-16-24(30)28-22-13-5-18(2)6-14-22/h7-10,17-18,21-22H,3-6,11-16H2,1-2H3,(H,27,29)(H,28,30). The van der Waals surface area contributed by atoms with Gasteiger partial charge in [-0.1, -0.05) is 13.8 Å². The first-order valence-corrected chi connectivity index (χ1v) is 12.3. The van der Waals surface area contributed by atoms with E-state index in [-0.39, 0.29) is 48.2 Å². The van der Waals surface area contributed by atoms with Gasteiger partial charge in [0.05, 0.1) is 11.1 Å². The van der Waals surface area contributed by atoms with Crippen LogP contribution in [0.3, 0.4) is 0 Å². The highest BCUT2D eigenvalue weighted by Crippen LogP contribution is 2.24. The SMILES string of the molecule is CC1CCC(NC(=O)COC(=O)c2ccc(C(=O)OCC(=O)NC3CCC(C)CC3)cc2)CC1. The number of carbonyl (C=O) groups is 4. The Kier molecular flexibility index (Phi) is 9.48. The Morgan fingerprint density at radius 1 is 0.647 bits per heavy atom. The van der Waals surface area contributed by atoms with E-state index in [1.807, 2.05) is 0 Å². The third-order valence-electron chi connectivity index (χ3n) is 6.79. The lowest BCUT2D eigenvalue weighted by Crippen LogP contribution is -2.39. The Labute approximate surface area is 201 Å². The molecule has 8 nitrogen and oxygen atoms in total. The van der Waals surface area contributed by atoms with Crippen molar-refractivity contribution >= 4 is 23.8 Å². The van der Waals surface area contributed by atoms with Crippen LogP contribution < -0.4 is 10.6 Å². The van der Waals surface area contributed by atoms with E-state index in [0.717, 1.165) is 51.4 Å². The number of benzene rings is 1. The maximum atomic E-state index is 12.2. The van der Waals surface area contributed by atoms with Crippen molar-refractivity contribution in [3.63, 3.8) is 0 Å². The van der Waals surface area contributed by atoms with Crippen molar-refractivity contribution in [3.8, 4) is 0 Å². The fraction of sp³-hybridized carbons (Fsp3) is 0.615. The monoisotopic (exact) mass is 472 g/mol. The minimum absolute atomic E-state index is 0.140. The van der Waals surface area contributed by atoms with Crippen molar-refractivity contribution in [2.75, 3.05) is 13.2 Å². The van der Waals surface area contributed by atoms with Crippen molar-refractivity contribution in [1.82, 2.24) is 10.6 Å². The summed E-state index contributed by atoms with van der Waals surface area (Å²) in [5.41, 5.74) is 0.445. The summed E-state index contributed by atoms with van der Waals surface area (Å²) in [4.78, 5) is 48.6. The molecule has 2 fully saturated rings. The van der Waals surface area contributed by atoms with Crippen LogP contribution in [0.4, 0.5) is 0 Å². The summed E-state index contributed by atoms with van der Waals surface area (Å²) in [5.74, 6) is -0.534. The first kappa shape index (κ1) is 25.7. The van der Waals surface area contributed by atoms with Crippen LogP contribution >= 0.6 is 0 Å². The predicted molar refractivity (Wildman–Crippen MR) is 126 cm³/mol. The van der Waals surface area contributed by atoms with Crippen LogP contribution in [0.2, 0.25) is 0 Å². The minimum Gasteiger partial charge on any atom is -0.452 e. The van der Waals surface area contributed by atoms with Crippen LogP contribution in [0.1, 0.15) is 85.9 Å². The zero-order valence-corrected chi connectivity index (χ0v) is 20.1. The van der Waals surface area contributed by atoms with Crippen LogP contribution in [0.5, 0.6) is 0 Å². The number of hydrogen-bond donors (Lipinski definition) is 2. The quantitative estimate of drug-likeness (QED) is 0.561. The summed E-state index contributed by atoms with van der Waals surface area (Å²) >= 11 is 0. The first-order valence-electron chi connectivity index (χ1n) is 12.3. The molecule has 0 saturated heterocycles. The van der Waals surface area contributed by atoms with Crippen molar-refractivity contribution in [2.24, 2.45) is 11.8 Å². The Bertz CT molecular complexity index is 782. The number of nitrogens with one attached hydrogen (secondary N) is 2. The molecule has 0 bridgehead atoms. The lowest BCUT2D eigenvalue weighted by molar-refractivity contribution is -0.125. The van der Waals surface area contributed by atoms with Crippen molar-refractivity contribution in [1.29, 1.82) is 0 Å². The van der Waals surface area contributed by atoms with E-state index in [1.54, 1.807) is 0 Å². The zero-order chi connectivity index (χ0) is 24.5. The smallest absolute Gasteiger partial charge is 0.338 e. The topological polar surface area (TPSA) is 111 Å². The van der Waals surface area contributed by atoms with Gasteiger partial charge in [0.2, 0.25) is 0 Å². The van der Waals surface area contributed by atoms with Gasteiger partial charge in [-0.25, -0.2) is 9.59 Å². The van der Waals surface area contributed by atoms with Crippen LogP contribution in [0, 0.1) is 11.8 Å². The molecule has 0 aromatic heterocycles. The van der Waals surface area contributed by atoms with Gasteiger partial charge in [-0.3, -0.25) is 9.59 Å².